The Morgan fingerprint density at radius 2 is 1.96 bits per heavy atom. The smallest absolute Gasteiger partial charge is 0.261 e. The third-order valence-corrected chi connectivity index (χ3v) is 5.74. The van der Waals surface area contributed by atoms with Crippen LogP contribution in [0.25, 0.3) is 0 Å². The predicted octanol–water partition coefficient (Wildman–Crippen LogP) is 3.05. The van der Waals surface area contributed by atoms with E-state index in [1.165, 1.54) is 30.3 Å². The number of ether oxygens (including phenoxy) is 1. The molecule has 1 unspecified atom stereocenters. The zero-order valence-corrected chi connectivity index (χ0v) is 15.5. The average Bonchev–Trinajstić information content (AvgIpc) is 3.14. The molecule has 1 heterocycles. The number of sulfonamides is 1. The Morgan fingerprint density at radius 3 is 2.62 bits per heavy atom. The van der Waals surface area contributed by atoms with E-state index in [1.54, 1.807) is 18.2 Å². The number of halogens is 1. The Morgan fingerprint density at radius 1 is 1.19 bits per heavy atom. The first kappa shape index (κ1) is 18.7. The van der Waals surface area contributed by atoms with Gasteiger partial charge in [0, 0.05) is 13.2 Å². The lowest BCUT2D eigenvalue weighted by atomic mass is 10.2. The van der Waals surface area contributed by atoms with E-state index >= 15 is 0 Å². The Labute approximate surface area is 157 Å². The fourth-order valence-electron chi connectivity index (χ4n) is 2.68. The van der Waals surface area contributed by atoms with E-state index < -0.39 is 10.0 Å². The number of carbonyl (C=O) groups excluding carboxylic acids is 1. The van der Waals surface area contributed by atoms with E-state index in [9.17, 15) is 13.2 Å². The van der Waals surface area contributed by atoms with Crippen molar-refractivity contribution in [3.8, 4) is 0 Å². The number of nitrogens with one attached hydrogen (secondary N) is 2. The summed E-state index contributed by atoms with van der Waals surface area (Å²) in [4.78, 5) is 12.4. The second kappa shape index (κ2) is 8.07. The summed E-state index contributed by atoms with van der Waals surface area (Å²) in [7, 11) is -3.71. The molecule has 0 spiro atoms. The van der Waals surface area contributed by atoms with Crippen molar-refractivity contribution in [2.24, 2.45) is 0 Å². The van der Waals surface area contributed by atoms with Gasteiger partial charge < -0.3 is 10.1 Å². The maximum atomic E-state index is 12.3. The van der Waals surface area contributed by atoms with E-state index in [0.717, 1.165) is 19.4 Å². The predicted molar refractivity (Wildman–Crippen MR) is 100 cm³/mol. The van der Waals surface area contributed by atoms with Crippen LogP contribution < -0.4 is 10.0 Å². The van der Waals surface area contributed by atoms with Crippen LogP contribution in [-0.2, 0) is 14.8 Å². The third-order valence-electron chi connectivity index (χ3n) is 4.03. The molecule has 2 N–H and O–H groups in total. The van der Waals surface area contributed by atoms with Crippen LogP contribution in [0.2, 0.25) is 5.02 Å². The van der Waals surface area contributed by atoms with Crippen molar-refractivity contribution in [3.63, 3.8) is 0 Å². The van der Waals surface area contributed by atoms with Gasteiger partial charge in [-0.2, -0.15) is 0 Å². The SMILES string of the molecule is O=C(NCC1CCCO1)c1ccc(NS(=O)(=O)c2ccccc2)cc1Cl. The Bertz CT molecular complexity index is 881. The fourth-order valence-corrected chi connectivity index (χ4v) is 4.02. The first-order chi connectivity index (χ1) is 12.5. The van der Waals surface area contributed by atoms with Crippen LogP contribution >= 0.6 is 11.6 Å². The summed E-state index contributed by atoms with van der Waals surface area (Å²) in [5, 5.41) is 2.96. The van der Waals surface area contributed by atoms with Crippen LogP contribution in [0.4, 0.5) is 5.69 Å². The molecule has 2 aromatic rings. The Balaban J connectivity index is 1.68. The Kier molecular flexibility index (Phi) is 5.80. The molecule has 1 atom stereocenters. The van der Waals surface area contributed by atoms with Gasteiger partial charge in [0.05, 0.1) is 27.3 Å². The minimum Gasteiger partial charge on any atom is -0.376 e. The van der Waals surface area contributed by atoms with Crippen molar-refractivity contribution >= 4 is 33.2 Å². The standard InChI is InChI=1S/C18H19ClN2O4S/c19-17-11-13(21-26(23,24)15-6-2-1-3-7-15)8-9-16(17)18(22)20-12-14-5-4-10-25-14/h1-3,6-9,11,14,21H,4-5,10,12H2,(H,20,22). The molecular formula is C18H19ClN2O4S. The van der Waals surface area contributed by atoms with Gasteiger partial charge in [0.1, 0.15) is 0 Å². The highest BCUT2D eigenvalue weighted by Gasteiger charge is 2.19. The van der Waals surface area contributed by atoms with Crippen molar-refractivity contribution in [3.05, 3.63) is 59.1 Å². The molecule has 0 radical (unpaired) electrons. The molecule has 1 aliphatic rings. The highest BCUT2D eigenvalue weighted by Crippen LogP contribution is 2.23. The topological polar surface area (TPSA) is 84.5 Å². The van der Waals surface area contributed by atoms with Gasteiger partial charge in [0.15, 0.2) is 0 Å². The van der Waals surface area contributed by atoms with Gasteiger partial charge in [-0.25, -0.2) is 8.42 Å². The van der Waals surface area contributed by atoms with E-state index in [0.29, 0.717) is 6.54 Å². The summed E-state index contributed by atoms with van der Waals surface area (Å²) in [5.41, 5.74) is 0.571. The summed E-state index contributed by atoms with van der Waals surface area (Å²) in [6.45, 7) is 1.15. The normalized spacial score (nSPS) is 17.0. The molecule has 8 heteroatoms. The zero-order chi connectivity index (χ0) is 18.6. The Hall–Kier alpha value is -2.09. The lowest BCUT2D eigenvalue weighted by molar-refractivity contribution is 0.0858. The molecule has 0 bridgehead atoms. The minimum atomic E-state index is -3.71. The van der Waals surface area contributed by atoms with Crippen molar-refractivity contribution in [2.75, 3.05) is 17.9 Å². The molecule has 6 nitrogen and oxygen atoms in total. The van der Waals surface area contributed by atoms with Crippen LogP contribution in [0, 0.1) is 0 Å². The van der Waals surface area contributed by atoms with Gasteiger partial charge in [-0.05, 0) is 43.2 Å². The van der Waals surface area contributed by atoms with Crippen LogP contribution in [0.1, 0.15) is 23.2 Å². The van der Waals surface area contributed by atoms with Crippen LogP contribution in [-0.4, -0.2) is 33.6 Å². The summed E-state index contributed by atoms with van der Waals surface area (Å²) in [6, 6.07) is 12.4. The molecule has 1 amide bonds. The van der Waals surface area contributed by atoms with Crippen LogP contribution in [0.15, 0.2) is 53.4 Å². The fraction of sp³-hybridized carbons (Fsp3) is 0.278. The van der Waals surface area contributed by atoms with E-state index in [4.69, 9.17) is 16.3 Å². The first-order valence-electron chi connectivity index (χ1n) is 8.23. The summed E-state index contributed by atoms with van der Waals surface area (Å²) >= 11 is 6.17. The zero-order valence-electron chi connectivity index (χ0n) is 13.9. The van der Waals surface area contributed by atoms with Gasteiger partial charge in [0.2, 0.25) is 0 Å². The number of anilines is 1. The largest absolute Gasteiger partial charge is 0.376 e. The van der Waals surface area contributed by atoms with Crippen molar-refractivity contribution in [1.82, 2.24) is 5.32 Å². The average molecular weight is 395 g/mol. The summed E-state index contributed by atoms with van der Waals surface area (Å²) < 4.78 is 32.6. The van der Waals surface area contributed by atoms with Gasteiger partial charge in [-0.15, -0.1) is 0 Å². The second-order valence-electron chi connectivity index (χ2n) is 5.96. The first-order valence-corrected chi connectivity index (χ1v) is 10.1. The number of benzene rings is 2. The third kappa shape index (κ3) is 4.55. The van der Waals surface area contributed by atoms with Gasteiger partial charge in [-0.1, -0.05) is 29.8 Å². The van der Waals surface area contributed by atoms with E-state index in [-0.39, 0.29) is 33.2 Å². The molecule has 0 aromatic heterocycles. The molecule has 0 saturated carbocycles. The molecule has 1 aliphatic heterocycles. The molecule has 1 fully saturated rings. The summed E-state index contributed by atoms with van der Waals surface area (Å²) in [5.74, 6) is -0.317. The minimum absolute atomic E-state index is 0.0367. The van der Waals surface area contributed by atoms with E-state index in [1.807, 2.05) is 0 Å². The molecule has 138 valence electrons. The van der Waals surface area contributed by atoms with Gasteiger partial charge >= 0.3 is 0 Å². The van der Waals surface area contributed by atoms with Crippen LogP contribution in [0.3, 0.4) is 0 Å². The highest BCUT2D eigenvalue weighted by atomic mass is 35.5. The number of hydrogen-bond acceptors (Lipinski definition) is 4. The van der Waals surface area contributed by atoms with E-state index in [2.05, 4.69) is 10.0 Å². The summed E-state index contributed by atoms with van der Waals surface area (Å²) in [6.07, 6.45) is 1.96. The maximum Gasteiger partial charge on any atom is 0.261 e. The number of rotatable bonds is 6. The molecule has 1 saturated heterocycles. The molecule has 26 heavy (non-hydrogen) atoms. The molecular weight excluding hydrogens is 376 g/mol. The molecule has 0 aliphatic carbocycles. The van der Waals surface area contributed by atoms with Crippen molar-refractivity contribution < 1.29 is 17.9 Å². The van der Waals surface area contributed by atoms with Crippen LogP contribution in [0.5, 0.6) is 0 Å². The number of amides is 1. The molecule has 3 rings (SSSR count). The van der Waals surface area contributed by atoms with Crippen molar-refractivity contribution in [2.45, 2.75) is 23.8 Å². The lowest BCUT2D eigenvalue weighted by Gasteiger charge is -2.13. The van der Waals surface area contributed by atoms with Gasteiger partial charge in [0.25, 0.3) is 15.9 Å². The van der Waals surface area contributed by atoms with Crippen molar-refractivity contribution in [1.29, 1.82) is 0 Å². The lowest BCUT2D eigenvalue weighted by Crippen LogP contribution is -2.31. The second-order valence-corrected chi connectivity index (χ2v) is 8.05. The highest BCUT2D eigenvalue weighted by molar-refractivity contribution is 7.92. The molecule has 2 aromatic carbocycles. The number of hydrogen-bond donors (Lipinski definition) is 2. The monoisotopic (exact) mass is 394 g/mol. The van der Waals surface area contributed by atoms with Gasteiger partial charge in [-0.3, -0.25) is 9.52 Å². The quantitative estimate of drug-likeness (QED) is 0.788. The number of carbonyl (C=O) groups is 1. The maximum absolute atomic E-state index is 12.3.